The third kappa shape index (κ3) is 6.09. The van der Waals surface area contributed by atoms with Gasteiger partial charge in [0.25, 0.3) is 0 Å². The number of carbonyl (C=O) groups is 2. The molecule has 0 radical (unpaired) electrons. The van der Waals surface area contributed by atoms with Crippen LogP contribution in [0.2, 0.25) is 0 Å². The third-order valence-electron chi connectivity index (χ3n) is 6.44. The molecule has 1 atom stereocenters. The molecule has 0 aliphatic heterocycles. The van der Waals surface area contributed by atoms with E-state index in [4.69, 9.17) is 4.74 Å². The van der Waals surface area contributed by atoms with Crippen molar-refractivity contribution in [1.82, 2.24) is 5.32 Å². The summed E-state index contributed by atoms with van der Waals surface area (Å²) in [6.07, 6.45) is 5.27. The van der Waals surface area contributed by atoms with Crippen molar-refractivity contribution >= 4 is 28.8 Å². The fraction of sp³-hybridized carbons (Fsp3) is 0.357. The van der Waals surface area contributed by atoms with Crippen molar-refractivity contribution in [3.05, 3.63) is 81.8 Å². The minimum atomic E-state index is -0.973. The zero-order valence-corrected chi connectivity index (χ0v) is 20.9. The highest BCUT2D eigenvalue weighted by atomic mass is 32.1. The number of anilines is 1. The predicted octanol–water partition coefficient (Wildman–Crippen LogP) is 5.97. The van der Waals surface area contributed by atoms with Crippen LogP contribution < -0.4 is 15.0 Å². The first-order valence-corrected chi connectivity index (χ1v) is 12.9. The lowest BCUT2D eigenvalue weighted by Gasteiger charge is -2.34. The fourth-order valence-corrected chi connectivity index (χ4v) is 5.32. The average molecular weight is 495 g/mol. The second kappa shape index (κ2) is 11.5. The highest BCUT2D eigenvalue weighted by Crippen LogP contribution is 2.37. The second-order valence-electron chi connectivity index (χ2n) is 9.05. The summed E-state index contributed by atoms with van der Waals surface area (Å²) in [5, 5.41) is 7.04. The Morgan fingerprint density at radius 2 is 1.86 bits per heavy atom. The van der Waals surface area contributed by atoms with Crippen LogP contribution in [-0.2, 0) is 16.0 Å². The van der Waals surface area contributed by atoms with Crippen molar-refractivity contribution in [3.63, 3.8) is 0 Å². The molecule has 1 N–H and O–H groups in total. The molecule has 1 aromatic heterocycles. The Kier molecular flexibility index (Phi) is 8.18. The fourth-order valence-electron chi connectivity index (χ4n) is 4.65. The van der Waals surface area contributed by atoms with E-state index in [0.717, 1.165) is 36.8 Å². The summed E-state index contributed by atoms with van der Waals surface area (Å²) in [7, 11) is 1.55. The van der Waals surface area contributed by atoms with Gasteiger partial charge in [0.2, 0.25) is 11.8 Å². The number of aryl methyl sites for hydroxylation is 1. The molecule has 184 valence electrons. The molecule has 1 aliphatic carbocycles. The summed E-state index contributed by atoms with van der Waals surface area (Å²) in [4.78, 5) is 29.3. The van der Waals surface area contributed by atoms with E-state index in [1.807, 2.05) is 35.9 Å². The van der Waals surface area contributed by atoms with Crippen LogP contribution in [-0.4, -0.2) is 25.0 Å². The zero-order valence-electron chi connectivity index (χ0n) is 20.1. The molecule has 0 saturated heterocycles. The average Bonchev–Trinajstić information content (AvgIpc) is 3.36. The first-order valence-electron chi connectivity index (χ1n) is 12.0. The van der Waals surface area contributed by atoms with Crippen LogP contribution in [0.4, 0.5) is 10.1 Å². The van der Waals surface area contributed by atoms with E-state index in [1.54, 1.807) is 25.3 Å². The Morgan fingerprint density at radius 1 is 1.11 bits per heavy atom. The van der Waals surface area contributed by atoms with Gasteiger partial charge in [0, 0.05) is 6.04 Å². The largest absolute Gasteiger partial charge is 0.495 e. The number of halogens is 1. The number of hydrogen-bond donors (Lipinski definition) is 1. The molecule has 0 bridgehead atoms. The van der Waals surface area contributed by atoms with Crippen LogP contribution in [0.15, 0.2) is 59.3 Å². The molecule has 3 aromatic rings. The minimum Gasteiger partial charge on any atom is -0.495 e. The minimum absolute atomic E-state index is 0.0624. The summed E-state index contributed by atoms with van der Waals surface area (Å²) < 4.78 is 19.4. The number of benzene rings is 2. The number of nitrogens with zero attached hydrogens (tertiary/aromatic N) is 1. The summed E-state index contributed by atoms with van der Waals surface area (Å²) in [5.41, 5.74) is 2.87. The predicted molar refractivity (Wildman–Crippen MR) is 137 cm³/mol. The number of rotatable bonds is 8. The number of carbonyl (C=O) groups excluding carboxylic acids is 2. The topological polar surface area (TPSA) is 58.6 Å². The van der Waals surface area contributed by atoms with Gasteiger partial charge in [0.15, 0.2) is 0 Å². The number of nitrogens with one attached hydrogen (secondary N) is 1. The molecule has 0 spiro atoms. The molecule has 1 fully saturated rings. The Bertz CT molecular complexity index is 1140. The standard InChI is InChI=1S/C28H31FN2O3S/c1-19-8-13-25(34-2)24(16-19)31(26(32)17-20-14-15-35-18-20)27(21-9-11-22(29)12-10-21)28(33)30-23-6-4-3-5-7-23/h8-16,18,23,27H,3-7,17H2,1-2H3,(H,30,33)/t27-/m0/s1. The van der Waals surface area contributed by atoms with Crippen LogP contribution >= 0.6 is 11.3 Å². The molecule has 2 amide bonds. The second-order valence-corrected chi connectivity index (χ2v) is 9.83. The van der Waals surface area contributed by atoms with Gasteiger partial charge >= 0.3 is 0 Å². The highest BCUT2D eigenvalue weighted by Gasteiger charge is 2.35. The molecular formula is C28H31FN2O3S. The van der Waals surface area contributed by atoms with E-state index in [1.165, 1.54) is 34.8 Å². The van der Waals surface area contributed by atoms with E-state index in [2.05, 4.69) is 5.32 Å². The maximum atomic E-state index is 13.9. The molecule has 7 heteroatoms. The van der Waals surface area contributed by atoms with Gasteiger partial charge in [0.1, 0.15) is 17.6 Å². The lowest BCUT2D eigenvalue weighted by molar-refractivity contribution is -0.127. The summed E-state index contributed by atoms with van der Waals surface area (Å²) in [6.45, 7) is 1.93. The van der Waals surface area contributed by atoms with E-state index in [-0.39, 0.29) is 24.3 Å². The molecule has 1 aliphatic rings. The number of ether oxygens (including phenoxy) is 1. The molecule has 1 saturated carbocycles. The van der Waals surface area contributed by atoms with E-state index in [0.29, 0.717) is 17.0 Å². The molecule has 0 unspecified atom stereocenters. The van der Waals surface area contributed by atoms with Gasteiger partial charge in [0.05, 0.1) is 19.2 Å². The van der Waals surface area contributed by atoms with Crippen molar-refractivity contribution < 1.29 is 18.7 Å². The van der Waals surface area contributed by atoms with Crippen LogP contribution in [0, 0.1) is 12.7 Å². The SMILES string of the molecule is COc1ccc(C)cc1N(C(=O)Cc1ccsc1)[C@H](C(=O)NC1CCCCC1)c1ccc(F)cc1. The van der Waals surface area contributed by atoms with E-state index in [9.17, 15) is 14.0 Å². The first-order chi connectivity index (χ1) is 17.0. The Balaban J connectivity index is 1.80. The van der Waals surface area contributed by atoms with E-state index < -0.39 is 11.9 Å². The lowest BCUT2D eigenvalue weighted by atomic mass is 9.94. The van der Waals surface area contributed by atoms with Crippen molar-refractivity contribution in [3.8, 4) is 5.75 Å². The lowest BCUT2D eigenvalue weighted by Crippen LogP contribution is -2.47. The quantitative estimate of drug-likeness (QED) is 0.420. The Hall–Kier alpha value is -3.19. The summed E-state index contributed by atoms with van der Waals surface area (Å²) >= 11 is 1.52. The Morgan fingerprint density at radius 3 is 2.51 bits per heavy atom. The maximum absolute atomic E-state index is 13.9. The molecule has 1 heterocycles. The highest BCUT2D eigenvalue weighted by molar-refractivity contribution is 7.08. The normalized spacial score (nSPS) is 14.8. The van der Waals surface area contributed by atoms with Gasteiger partial charge < -0.3 is 10.1 Å². The number of hydrogen-bond acceptors (Lipinski definition) is 4. The zero-order chi connectivity index (χ0) is 24.8. The van der Waals surface area contributed by atoms with Crippen molar-refractivity contribution in [2.45, 2.75) is 57.5 Å². The van der Waals surface area contributed by atoms with Crippen LogP contribution in [0.5, 0.6) is 5.75 Å². The van der Waals surface area contributed by atoms with Gasteiger partial charge in [-0.05, 0) is 77.5 Å². The molecule has 4 rings (SSSR count). The molecular weight excluding hydrogens is 463 g/mol. The van der Waals surface area contributed by atoms with E-state index >= 15 is 0 Å². The summed E-state index contributed by atoms with van der Waals surface area (Å²) in [6, 6.07) is 12.4. The van der Waals surface area contributed by atoms with Crippen molar-refractivity contribution in [1.29, 1.82) is 0 Å². The van der Waals surface area contributed by atoms with Gasteiger partial charge in [-0.15, -0.1) is 0 Å². The maximum Gasteiger partial charge on any atom is 0.248 e. The Labute approximate surface area is 209 Å². The monoisotopic (exact) mass is 494 g/mol. The number of thiophene rings is 1. The van der Waals surface area contributed by atoms with Crippen LogP contribution in [0.25, 0.3) is 0 Å². The molecule has 2 aromatic carbocycles. The van der Waals surface area contributed by atoms with Crippen LogP contribution in [0.1, 0.15) is 54.8 Å². The van der Waals surface area contributed by atoms with Gasteiger partial charge in [-0.2, -0.15) is 11.3 Å². The van der Waals surface area contributed by atoms with Gasteiger partial charge in [-0.1, -0.05) is 37.5 Å². The van der Waals surface area contributed by atoms with Crippen molar-refractivity contribution in [2.75, 3.05) is 12.0 Å². The molecule has 5 nitrogen and oxygen atoms in total. The van der Waals surface area contributed by atoms with Gasteiger partial charge in [-0.25, -0.2) is 4.39 Å². The van der Waals surface area contributed by atoms with Gasteiger partial charge in [-0.3, -0.25) is 14.5 Å². The van der Waals surface area contributed by atoms with Crippen molar-refractivity contribution in [2.24, 2.45) is 0 Å². The summed E-state index contributed by atoms with van der Waals surface area (Å²) in [5.74, 6) is -0.414. The third-order valence-corrected chi connectivity index (χ3v) is 7.17. The number of methoxy groups -OCH3 is 1. The molecule has 35 heavy (non-hydrogen) atoms. The van der Waals surface area contributed by atoms with Crippen LogP contribution in [0.3, 0.4) is 0 Å². The number of amides is 2. The smallest absolute Gasteiger partial charge is 0.248 e. The first kappa shape index (κ1) is 24.9.